The summed E-state index contributed by atoms with van der Waals surface area (Å²) in [5.74, 6) is 2.25. The Balaban J connectivity index is 1.86. The molecule has 0 spiro atoms. The highest BCUT2D eigenvalue weighted by Crippen LogP contribution is 2.31. The zero-order valence-electron chi connectivity index (χ0n) is 10.2. The van der Waals surface area contributed by atoms with E-state index in [-0.39, 0.29) is 0 Å². The average Bonchev–Trinajstić information content (AvgIpc) is 2.81. The van der Waals surface area contributed by atoms with Crippen molar-refractivity contribution in [3.05, 3.63) is 0 Å². The summed E-state index contributed by atoms with van der Waals surface area (Å²) in [5.41, 5.74) is 5.81. The molecule has 0 amide bonds. The van der Waals surface area contributed by atoms with Crippen molar-refractivity contribution in [3.8, 4) is 0 Å². The minimum Gasteiger partial charge on any atom is -0.330 e. The van der Waals surface area contributed by atoms with Crippen molar-refractivity contribution in [2.45, 2.75) is 56.6 Å². The highest BCUT2D eigenvalue weighted by molar-refractivity contribution is 7.85. The molecule has 0 bridgehead atoms. The Morgan fingerprint density at radius 3 is 2.31 bits per heavy atom. The lowest BCUT2D eigenvalue weighted by Crippen LogP contribution is -2.36. The molecule has 94 valence electrons. The molecule has 0 aromatic carbocycles. The van der Waals surface area contributed by atoms with Crippen LogP contribution in [0.1, 0.15) is 51.4 Å². The van der Waals surface area contributed by atoms with Gasteiger partial charge < -0.3 is 5.73 Å². The highest BCUT2D eigenvalue weighted by atomic mass is 32.2. The van der Waals surface area contributed by atoms with Crippen LogP contribution in [0, 0.1) is 11.8 Å². The second-order valence-corrected chi connectivity index (χ2v) is 7.22. The van der Waals surface area contributed by atoms with Gasteiger partial charge in [0.2, 0.25) is 0 Å². The molecule has 2 aliphatic carbocycles. The van der Waals surface area contributed by atoms with Gasteiger partial charge in [-0.1, -0.05) is 25.7 Å². The molecule has 0 saturated heterocycles. The van der Waals surface area contributed by atoms with Crippen molar-refractivity contribution in [3.63, 3.8) is 0 Å². The Labute approximate surface area is 102 Å². The zero-order chi connectivity index (χ0) is 11.4. The summed E-state index contributed by atoms with van der Waals surface area (Å²) in [6.45, 7) is 0.737. The van der Waals surface area contributed by atoms with E-state index in [1.54, 1.807) is 0 Å². The van der Waals surface area contributed by atoms with Crippen LogP contribution >= 0.6 is 0 Å². The van der Waals surface area contributed by atoms with Crippen LogP contribution in [-0.4, -0.2) is 21.8 Å². The fourth-order valence-electron chi connectivity index (χ4n) is 3.32. The summed E-state index contributed by atoms with van der Waals surface area (Å²) in [4.78, 5) is 0. The number of rotatable bonds is 4. The van der Waals surface area contributed by atoms with E-state index in [0.717, 1.165) is 24.6 Å². The van der Waals surface area contributed by atoms with Gasteiger partial charge in [0, 0.05) is 21.8 Å². The summed E-state index contributed by atoms with van der Waals surface area (Å²) >= 11 is 0. The number of hydrogen-bond acceptors (Lipinski definition) is 2. The molecule has 0 aromatic heterocycles. The topological polar surface area (TPSA) is 43.1 Å². The normalized spacial score (nSPS) is 34.1. The van der Waals surface area contributed by atoms with Gasteiger partial charge in [-0.05, 0) is 44.1 Å². The molecular formula is C13H25NOS. The minimum atomic E-state index is -0.606. The Hall–Kier alpha value is 0.110. The molecule has 3 heteroatoms. The summed E-state index contributed by atoms with van der Waals surface area (Å²) in [6.07, 6.45) is 10.2. The maximum Gasteiger partial charge on any atom is 0.0388 e. The second kappa shape index (κ2) is 6.15. The lowest BCUT2D eigenvalue weighted by molar-refractivity contribution is 0.371. The highest BCUT2D eigenvalue weighted by Gasteiger charge is 2.30. The minimum absolute atomic E-state index is 0.416. The quantitative estimate of drug-likeness (QED) is 0.824. The number of nitrogens with two attached hydrogens (primary N) is 1. The SMILES string of the molecule is NCC1CCCCC1S(=O)CC1CCCC1. The zero-order valence-corrected chi connectivity index (χ0v) is 11.0. The molecule has 2 saturated carbocycles. The van der Waals surface area contributed by atoms with E-state index in [9.17, 15) is 4.21 Å². The van der Waals surface area contributed by atoms with Gasteiger partial charge in [-0.3, -0.25) is 4.21 Å². The predicted octanol–water partition coefficient (Wildman–Crippen LogP) is 2.44. The molecule has 2 nitrogen and oxygen atoms in total. The van der Waals surface area contributed by atoms with E-state index >= 15 is 0 Å². The lowest BCUT2D eigenvalue weighted by atomic mass is 9.89. The molecule has 2 aliphatic rings. The molecule has 2 N–H and O–H groups in total. The largest absolute Gasteiger partial charge is 0.330 e. The smallest absolute Gasteiger partial charge is 0.0388 e. The van der Waals surface area contributed by atoms with Crippen molar-refractivity contribution in [2.24, 2.45) is 17.6 Å². The number of hydrogen-bond donors (Lipinski definition) is 1. The van der Waals surface area contributed by atoms with Crippen molar-refractivity contribution in [1.29, 1.82) is 0 Å². The average molecular weight is 243 g/mol. The van der Waals surface area contributed by atoms with Gasteiger partial charge in [0.05, 0.1) is 0 Å². The van der Waals surface area contributed by atoms with Gasteiger partial charge in [-0.25, -0.2) is 0 Å². The van der Waals surface area contributed by atoms with Crippen LogP contribution in [0.4, 0.5) is 0 Å². The summed E-state index contributed by atoms with van der Waals surface area (Å²) in [7, 11) is -0.606. The first-order valence-electron chi connectivity index (χ1n) is 6.88. The van der Waals surface area contributed by atoms with Gasteiger partial charge in [0.25, 0.3) is 0 Å². The van der Waals surface area contributed by atoms with E-state index in [1.807, 2.05) is 0 Å². The van der Waals surface area contributed by atoms with E-state index in [0.29, 0.717) is 11.2 Å². The van der Waals surface area contributed by atoms with E-state index in [1.165, 1.54) is 44.9 Å². The first kappa shape index (κ1) is 12.6. The molecule has 3 unspecified atom stereocenters. The van der Waals surface area contributed by atoms with Crippen LogP contribution in [0.15, 0.2) is 0 Å². The Bertz CT molecular complexity index is 238. The third kappa shape index (κ3) is 3.07. The second-order valence-electron chi connectivity index (χ2n) is 5.52. The third-order valence-corrected chi connectivity index (χ3v) is 6.45. The molecule has 0 heterocycles. The van der Waals surface area contributed by atoms with Gasteiger partial charge in [-0.2, -0.15) is 0 Å². The molecule has 2 rings (SSSR count). The molecule has 16 heavy (non-hydrogen) atoms. The molecule has 0 radical (unpaired) electrons. The Kier molecular flexibility index (Phi) is 4.83. The van der Waals surface area contributed by atoms with Crippen LogP contribution in [0.2, 0.25) is 0 Å². The molecule has 0 aromatic rings. The lowest BCUT2D eigenvalue weighted by Gasteiger charge is -2.30. The van der Waals surface area contributed by atoms with Gasteiger partial charge >= 0.3 is 0 Å². The van der Waals surface area contributed by atoms with Crippen LogP contribution < -0.4 is 5.73 Å². The maximum atomic E-state index is 12.4. The third-order valence-electron chi connectivity index (χ3n) is 4.35. The predicted molar refractivity (Wildman–Crippen MR) is 69.8 cm³/mol. The standard InChI is InChI=1S/C13H25NOS/c14-9-12-7-3-4-8-13(12)16(15)10-11-5-1-2-6-11/h11-13H,1-10,14H2. The van der Waals surface area contributed by atoms with E-state index in [2.05, 4.69) is 0 Å². The van der Waals surface area contributed by atoms with Crippen molar-refractivity contribution in [1.82, 2.24) is 0 Å². The van der Waals surface area contributed by atoms with Crippen LogP contribution in [0.3, 0.4) is 0 Å². The first-order chi connectivity index (χ1) is 7.81. The summed E-state index contributed by atoms with van der Waals surface area (Å²) in [6, 6.07) is 0. The maximum absolute atomic E-state index is 12.4. The van der Waals surface area contributed by atoms with Crippen LogP contribution in [-0.2, 0) is 10.8 Å². The summed E-state index contributed by atoms with van der Waals surface area (Å²) in [5, 5.41) is 0.416. The monoisotopic (exact) mass is 243 g/mol. The first-order valence-corrected chi connectivity index (χ1v) is 8.26. The van der Waals surface area contributed by atoms with Crippen LogP contribution in [0.25, 0.3) is 0 Å². The Morgan fingerprint density at radius 2 is 1.62 bits per heavy atom. The van der Waals surface area contributed by atoms with Gasteiger partial charge in [0.1, 0.15) is 0 Å². The van der Waals surface area contributed by atoms with Gasteiger partial charge in [0.15, 0.2) is 0 Å². The molecule has 0 aliphatic heterocycles. The van der Waals surface area contributed by atoms with E-state index in [4.69, 9.17) is 5.73 Å². The van der Waals surface area contributed by atoms with E-state index < -0.39 is 10.8 Å². The van der Waals surface area contributed by atoms with Crippen molar-refractivity contribution < 1.29 is 4.21 Å². The molecule has 2 fully saturated rings. The van der Waals surface area contributed by atoms with Crippen molar-refractivity contribution in [2.75, 3.05) is 12.3 Å². The van der Waals surface area contributed by atoms with Gasteiger partial charge in [-0.15, -0.1) is 0 Å². The molecule has 3 atom stereocenters. The fraction of sp³-hybridized carbons (Fsp3) is 1.00. The molecular weight excluding hydrogens is 218 g/mol. The van der Waals surface area contributed by atoms with Crippen LogP contribution in [0.5, 0.6) is 0 Å². The summed E-state index contributed by atoms with van der Waals surface area (Å²) < 4.78 is 12.4. The van der Waals surface area contributed by atoms with Crippen molar-refractivity contribution >= 4 is 10.8 Å². The fourth-order valence-corrected chi connectivity index (χ4v) is 5.47. The Morgan fingerprint density at radius 1 is 1.00 bits per heavy atom.